The van der Waals surface area contributed by atoms with Gasteiger partial charge in [-0.1, -0.05) is 23.9 Å². The van der Waals surface area contributed by atoms with Crippen LogP contribution in [0.15, 0.2) is 29.4 Å². The van der Waals surface area contributed by atoms with Gasteiger partial charge in [0.1, 0.15) is 5.82 Å². The summed E-state index contributed by atoms with van der Waals surface area (Å²) in [4.78, 5) is 20.6. The molecule has 0 aliphatic heterocycles. The summed E-state index contributed by atoms with van der Waals surface area (Å²) in [5.41, 5.74) is 3.12. The predicted molar refractivity (Wildman–Crippen MR) is 94.0 cm³/mol. The molecule has 1 amide bonds. The third-order valence-corrected chi connectivity index (χ3v) is 4.49. The molecule has 0 aliphatic rings. The number of thioether (sulfide) groups is 1. The van der Waals surface area contributed by atoms with Crippen LogP contribution in [0.5, 0.6) is 0 Å². The highest BCUT2D eigenvalue weighted by Crippen LogP contribution is 2.15. The van der Waals surface area contributed by atoms with E-state index in [2.05, 4.69) is 20.4 Å². The molecule has 3 aromatic rings. The standard InChI is InChI=1S/C17H18FN5OS/c1-10-4-5-13(7-14(10)18)8-19-15(24)9-25-17-21-16-20-11(2)6-12(3)23(16)22-17/h4-7H,8-9H2,1-3H3,(H,19,24). The second-order valence-corrected chi connectivity index (χ2v) is 6.74. The first kappa shape index (κ1) is 17.3. The number of nitrogens with zero attached hydrogens (tertiary/aromatic N) is 4. The van der Waals surface area contributed by atoms with Crippen LogP contribution in [0.25, 0.3) is 5.78 Å². The molecule has 2 heterocycles. The minimum Gasteiger partial charge on any atom is -0.351 e. The normalized spacial score (nSPS) is 11.0. The van der Waals surface area contributed by atoms with Crippen LogP contribution < -0.4 is 5.32 Å². The SMILES string of the molecule is Cc1cc(C)n2nc(SCC(=O)NCc3ccc(C)c(F)c3)nc2n1. The van der Waals surface area contributed by atoms with Gasteiger partial charge in [-0.15, -0.1) is 5.10 Å². The molecular formula is C17H18FN5OS. The van der Waals surface area contributed by atoms with E-state index < -0.39 is 0 Å². The molecular weight excluding hydrogens is 341 g/mol. The van der Waals surface area contributed by atoms with Crippen molar-refractivity contribution in [1.82, 2.24) is 24.9 Å². The molecule has 0 fully saturated rings. The van der Waals surface area contributed by atoms with E-state index in [1.807, 2.05) is 19.9 Å². The molecule has 130 valence electrons. The van der Waals surface area contributed by atoms with E-state index in [-0.39, 0.29) is 24.0 Å². The van der Waals surface area contributed by atoms with Gasteiger partial charge in [0.2, 0.25) is 11.1 Å². The molecule has 1 N–H and O–H groups in total. The maximum Gasteiger partial charge on any atom is 0.253 e. The van der Waals surface area contributed by atoms with Crippen molar-refractivity contribution in [3.05, 3.63) is 52.6 Å². The van der Waals surface area contributed by atoms with Gasteiger partial charge in [0.15, 0.2) is 0 Å². The second-order valence-electron chi connectivity index (χ2n) is 5.79. The van der Waals surface area contributed by atoms with Gasteiger partial charge in [0, 0.05) is 17.9 Å². The summed E-state index contributed by atoms with van der Waals surface area (Å²) in [5, 5.41) is 7.60. The zero-order valence-electron chi connectivity index (χ0n) is 14.2. The number of halogens is 1. The van der Waals surface area contributed by atoms with Gasteiger partial charge in [0.25, 0.3) is 5.78 Å². The Labute approximate surface area is 148 Å². The number of rotatable bonds is 5. The van der Waals surface area contributed by atoms with Crippen LogP contribution in [0.4, 0.5) is 4.39 Å². The minimum absolute atomic E-state index is 0.161. The summed E-state index contributed by atoms with van der Waals surface area (Å²) in [7, 11) is 0. The molecule has 0 aliphatic carbocycles. The minimum atomic E-state index is -0.270. The lowest BCUT2D eigenvalue weighted by Gasteiger charge is -2.05. The molecule has 8 heteroatoms. The summed E-state index contributed by atoms with van der Waals surface area (Å²) in [6.07, 6.45) is 0. The number of aryl methyl sites for hydroxylation is 3. The average Bonchev–Trinajstić information content (AvgIpc) is 2.97. The molecule has 0 bridgehead atoms. The lowest BCUT2D eigenvalue weighted by atomic mass is 10.1. The number of aromatic nitrogens is 4. The fourth-order valence-corrected chi connectivity index (χ4v) is 2.99. The number of hydrogen-bond acceptors (Lipinski definition) is 5. The van der Waals surface area contributed by atoms with Crippen molar-refractivity contribution in [3.8, 4) is 0 Å². The topological polar surface area (TPSA) is 72.2 Å². The molecule has 6 nitrogen and oxygen atoms in total. The molecule has 0 spiro atoms. The molecule has 0 saturated heterocycles. The summed E-state index contributed by atoms with van der Waals surface area (Å²) in [6, 6.07) is 6.85. The number of fused-ring (bicyclic) bond motifs is 1. The van der Waals surface area contributed by atoms with E-state index in [0.29, 0.717) is 16.5 Å². The Balaban J connectivity index is 1.57. The highest BCUT2D eigenvalue weighted by Gasteiger charge is 2.10. The van der Waals surface area contributed by atoms with Gasteiger partial charge in [-0.25, -0.2) is 13.9 Å². The number of amides is 1. The lowest BCUT2D eigenvalue weighted by molar-refractivity contribution is -0.118. The molecule has 25 heavy (non-hydrogen) atoms. The monoisotopic (exact) mass is 359 g/mol. The van der Waals surface area contributed by atoms with Crippen LogP contribution in [0.2, 0.25) is 0 Å². The highest BCUT2D eigenvalue weighted by atomic mass is 32.2. The van der Waals surface area contributed by atoms with Crippen molar-refractivity contribution in [2.45, 2.75) is 32.5 Å². The van der Waals surface area contributed by atoms with Crippen molar-refractivity contribution in [2.24, 2.45) is 0 Å². The Morgan fingerprint density at radius 3 is 2.80 bits per heavy atom. The maximum absolute atomic E-state index is 13.5. The van der Waals surface area contributed by atoms with E-state index in [1.54, 1.807) is 23.6 Å². The first-order valence-electron chi connectivity index (χ1n) is 7.78. The van der Waals surface area contributed by atoms with Gasteiger partial charge >= 0.3 is 0 Å². The third kappa shape index (κ3) is 4.14. The number of nitrogens with one attached hydrogen (secondary N) is 1. The Morgan fingerprint density at radius 1 is 1.24 bits per heavy atom. The molecule has 0 radical (unpaired) electrons. The van der Waals surface area contributed by atoms with Crippen molar-refractivity contribution < 1.29 is 9.18 Å². The first-order valence-corrected chi connectivity index (χ1v) is 8.76. The van der Waals surface area contributed by atoms with Crippen molar-refractivity contribution in [3.63, 3.8) is 0 Å². The molecule has 2 aromatic heterocycles. The van der Waals surface area contributed by atoms with E-state index in [4.69, 9.17) is 0 Å². The van der Waals surface area contributed by atoms with Gasteiger partial charge in [-0.05, 0) is 44.0 Å². The molecule has 1 aromatic carbocycles. The summed E-state index contributed by atoms with van der Waals surface area (Å²) >= 11 is 1.24. The number of carbonyl (C=O) groups excluding carboxylic acids is 1. The van der Waals surface area contributed by atoms with E-state index in [0.717, 1.165) is 17.0 Å². The molecule has 0 unspecified atom stereocenters. The van der Waals surface area contributed by atoms with E-state index >= 15 is 0 Å². The van der Waals surface area contributed by atoms with Gasteiger partial charge in [-0.2, -0.15) is 4.98 Å². The van der Waals surface area contributed by atoms with Crippen LogP contribution in [0.3, 0.4) is 0 Å². The zero-order chi connectivity index (χ0) is 18.0. The number of hydrogen-bond donors (Lipinski definition) is 1. The van der Waals surface area contributed by atoms with Crippen LogP contribution in [-0.2, 0) is 11.3 Å². The zero-order valence-corrected chi connectivity index (χ0v) is 15.0. The Kier molecular flexibility index (Phi) is 4.98. The van der Waals surface area contributed by atoms with Crippen molar-refractivity contribution in [1.29, 1.82) is 0 Å². The Hall–Kier alpha value is -2.48. The first-order chi connectivity index (χ1) is 11.9. The largest absolute Gasteiger partial charge is 0.351 e. The predicted octanol–water partition coefficient (Wildman–Crippen LogP) is 2.60. The van der Waals surface area contributed by atoms with Crippen LogP contribution >= 0.6 is 11.8 Å². The fourth-order valence-electron chi connectivity index (χ4n) is 2.34. The van der Waals surface area contributed by atoms with Crippen molar-refractivity contribution >= 4 is 23.4 Å². The molecule has 0 saturated carbocycles. The quantitative estimate of drug-likeness (QED) is 0.709. The van der Waals surface area contributed by atoms with Crippen LogP contribution in [-0.4, -0.2) is 31.2 Å². The summed E-state index contributed by atoms with van der Waals surface area (Å²) < 4.78 is 15.1. The fraction of sp³-hybridized carbons (Fsp3) is 0.294. The Bertz CT molecular complexity index is 940. The summed E-state index contributed by atoms with van der Waals surface area (Å²) in [5.74, 6) is 0.276. The van der Waals surface area contributed by atoms with E-state index in [9.17, 15) is 9.18 Å². The number of carbonyl (C=O) groups is 1. The van der Waals surface area contributed by atoms with Crippen LogP contribution in [0, 0.1) is 26.6 Å². The van der Waals surface area contributed by atoms with Gasteiger partial charge in [-0.3, -0.25) is 4.79 Å². The second kappa shape index (κ2) is 7.18. The third-order valence-electron chi connectivity index (χ3n) is 3.66. The molecule has 0 atom stereocenters. The van der Waals surface area contributed by atoms with Gasteiger partial charge in [0.05, 0.1) is 5.75 Å². The van der Waals surface area contributed by atoms with Crippen molar-refractivity contribution in [2.75, 3.05) is 5.75 Å². The maximum atomic E-state index is 13.5. The average molecular weight is 359 g/mol. The van der Waals surface area contributed by atoms with Gasteiger partial charge < -0.3 is 5.32 Å². The van der Waals surface area contributed by atoms with Crippen LogP contribution in [0.1, 0.15) is 22.5 Å². The van der Waals surface area contributed by atoms with E-state index in [1.165, 1.54) is 17.8 Å². The smallest absolute Gasteiger partial charge is 0.253 e. The highest BCUT2D eigenvalue weighted by molar-refractivity contribution is 7.99. The lowest BCUT2D eigenvalue weighted by Crippen LogP contribution is -2.24. The Morgan fingerprint density at radius 2 is 2.04 bits per heavy atom. The summed E-state index contributed by atoms with van der Waals surface area (Å²) in [6.45, 7) is 5.82. The molecule has 3 rings (SSSR count). The number of benzene rings is 1.